The average Bonchev–Trinajstić information content (AvgIpc) is 3.42. The van der Waals surface area contributed by atoms with Crippen molar-refractivity contribution >= 4 is 35.2 Å². The molecule has 0 aromatic heterocycles. The summed E-state index contributed by atoms with van der Waals surface area (Å²) in [7, 11) is 0. The molecule has 6 atom stereocenters. The van der Waals surface area contributed by atoms with E-state index in [1.54, 1.807) is 28.8 Å². The van der Waals surface area contributed by atoms with Gasteiger partial charge in [0.25, 0.3) is 0 Å². The molecule has 3 N–H and O–H groups in total. The number of ether oxygens (including phenoxy) is 1. The summed E-state index contributed by atoms with van der Waals surface area (Å²) >= 11 is 1.64. The van der Waals surface area contributed by atoms with Crippen LogP contribution < -0.4 is 15.4 Å². The lowest BCUT2D eigenvalue weighted by Crippen LogP contribution is -2.57. The van der Waals surface area contributed by atoms with Crippen molar-refractivity contribution in [2.45, 2.75) is 81.9 Å². The summed E-state index contributed by atoms with van der Waals surface area (Å²) in [6.07, 6.45) is 3.25. The largest absolute Gasteiger partial charge is 0.494 e. The lowest BCUT2D eigenvalue weighted by atomic mass is 9.66. The summed E-state index contributed by atoms with van der Waals surface area (Å²) in [4.78, 5) is 43.3. The Labute approximate surface area is 224 Å². The molecule has 1 aromatic rings. The van der Waals surface area contributed by atoms with E-state index in [1.807, 2.05) is 32.9 Å². The number of anilines is 1. The van der Waals surface area contributed by atoms with E-state index in [0.29, 0.717) is 25.3 Å². The molecule has 3 aliphatic rings. The maximum absolute atomic E-state index is 14.2. The van der Waals surface area contributed by atoms with Gasteiger partial charge < -0.3 is 25.4 Å². The smallest absolute Gasteiger partial charge is 0.244 e. The van der Waals surface area contributed by atoms with Gasteiger partial charge >= 0.3 is 0 Å². The zero-order valence-electron chi connectivity index (χ0n) is 22.6. The molecule has 0 aliphatic carbocycles. The minimum absolute atomic E-state index is 0.0379. The first-order valence-corrected chi connectivity index (χ1v) is 14.4. The fraction of sp³-hybridized carbons (Fsp3) is 0.679. The Morgan fingerprint density at radius 2 is 1.89 bits per heavy atom. The number of nitrogens with zero attached hydrogens (tertiary/aromatic N) is 1. The van der Waals surface area contributed by atoms with Crippen LogP contribution >= 0.6 is 11.8 Å². The molecule has 2 unspecified atom stereocenters. The highest BCUT2D eigenvalue weighted by Gasteiger charge is 2.77. The fourth-order valence-corrected chi connectivity index (χ4v) is 8.89. The number of fused-ring (bicyclic) bond motifs is 1. The fourth-order valence-electron chi connectivity index (χ4n) is 6.55. The van der Waals surface area contributed by atoms with Gasteiger partial charge in [-0.25, -0.2) is 0 Å². The first kappa shape index (κ1) is 27.8. The summed E-state index contributed by atoms with van der Waals surface area (Å²) in [6, 6.07) is 6.02. The van der Waals surface area contributed by atoms with Crippen LogP contribution in [-0.2, 0) is 14.4 Å². The van der Waals surface area contributed by atoms with Crippen LogP contribution in [0.3, 0.4) is 0 Å². The van der Waals surface area contributed by atoms with Gasteiger partial charge in [-0.1, -0.05) is 27.2 Å². The summed E-state index contributed by atoms with van der Waals surface area (Å²) < 4.78 is 4.36. The number of hydrogen-bond acceptors (Lipinski definition) is 6. The second kappa shape index (κ2) is 10.8. The van der Waals surface area contributed by atoms with Gasteiger partial charge in [0.15, 0.2) is 0 Å². The number of unbranched alkanes of at least 4 members (excludes halogenated alkanes) is 1. The zero-order valence-corrected chi connectivity index (χ0v) is 23.4. The molecular weight excluding hydrogens is 490 g/mol. The van der Waals surface area contributed by atoms with Gasteiger partial charge in [-0.2, -0.15) is 0 Å². The summed E-state index contributed by atoms with van der Waals surface area (Å²) in [5, 5.41) is 16.4. The molecule has 1 spiro atoms. The Balaban J connectivity index is 1.67. The number of carbonyl (C=O) groups is 3. The Kier molecular flexibility index (Phi) is 8.14. The number of benzene rings is 1. The van der Waals surface area contributed by atoms with E-state index in [-0.39, 0.29) is 30.2 Å². The van der Waals surface area contributed by atoms with Gasteiger partial charge in [-0.05, 0) is 63.3 Å². The minimum Gasteiger partial charge on any atom is -0.494 e. The van der Waals surface area contributed by atoms with E-state index in [0.717, 1.165) is 25.0 Å². The molecule has 3 fully saturated rings. The number of hydrogen-bond donors (Lipinski definition) is 3. The van der Waals surface area contributed by atoms with Crippen molar-refractivity contribution in [1.29, 1.82) is 0 Å². The lowest BCUT2D eigenvalue weighted by Gasteiger charge is -2.38. The number of thioether (sulfide) groups is 1. The minimum atomic E-state index is -0.712. The Morgan fingerprint density at radius 3 is 2.49 bits per heavy atom. The van der Waals surface area contributed by atoms with E-state index >= 15 is 0 Å². The van der Waals surface area contributed by atoms with Crippen LogP contribution in [0, 0.1) is 17.8 Å². The molecule has 4 rings (SSSR count). The van der Waals surface area contributed by atoms with E-state index in [9.17, 15) is 19.5 Å². The number of carbonyl (C=O) groups excluding carboxylic acids is 3. The van der Waals surface area contributed by atoms with Crippen LogP contribution in [0.25, 0.3) is 0 Å². The molecule has 9 heteroatoms. The van der Waals surface area contributed by atoms with Crippen LogP contribution in [0.1, 0.15) is 60.3 Å². The topological polar surface area (TPSA) is 108 Å². The second-order valence-electron chi connectivity index (χ2n) is 11.1. The lowest BCUT2D eigenvalue weighted by molar-refractivity contribution is -0.143. The molecule has 3 heterocycles. The van der Waals surface area contributed by atoms with E-state index < -0.39 is 33.4 Å². The highest BCUT2D eigenvalue weighted by Crippen LogP contribution is 2.71. The van der Waals surface area contributed by atoms with E-state index in [4.69, 9.17) is 4.74 Å². The van der Waals surface area contributed by atoms with Crippen LogP contribution in [0.2, 0.25) is 0 Å². The third-order valence-corrected chi connectivity index (χ3v) is 10.3. The van der Waals surface area contributed by atoms with Gasteiger partial charge in [0.05, 0.1) is 35.8 Å². The van der Waals surface area contributed by atoms with Crippen molar-refractivity contribution in [2.24, 2.45) is 17.8 Å². The van der Waals surface area contributed by atoms with Crippen LogP contribution in [-0.4, -0.2) is 69.1 Å². The van der Waals surface area contributed by atoms with Crippen molar-refractivity contribution in [3.05, 3.63) is 24.3 Å². The predicted octanol–water partition coefficient (Wildman–Crippen LogP) is 3.44. The van der Waals surface area contributed by atoms with E-state index in [2.05, 4.69) is 24.5 Å². The normalized spacial score (nSPS) is 30.9. The maximum Gasteiger partial charge on any atom is 0.244 e. The highest BCUT2D eigenvalue weighted by molar-refractivity contribution is 8.02. The number of rotatable bonds is 11. The first-order chi connectivity index (χ1) is 17.6. The molecule has 8 nitrogen and oxygen atoms in total. The van der Waals surface area contributed by atoms with Gasteiger partial charge in [0, 0.05) is 17.0 Å². The molecule has 0 saturated carbocycles. The molecule has 37 heavy (non-hydrogen) atoms. The maximum atomic E-state index is 14.2. The molecule has 3 saturated heterocycles. The number of nitrogens with one attached hydrogen (secondary N) is 2. The first-order valence-electron chi connectivity index (χ1n) is 13.6. The highest BCUT2D eigenvalue weighted by atomic mass is 32.2. The Hall–Kier alpha value is -2.26. The van der Waals surface area contributed by atoms with Crippen molar-refractivity contribution in [2.75, 3.05) is 25.1 Å². The number of amides is 3. The number of aliphatic hydroxyl groups excluding tert-OH is 1. The third-order valence-electron chi connectivity index (χ3n) is 8.32. The van der Waals surface area contributed by atoms with Crippen LogP contribution in [0.5, 0.6) is 5.75 Å². The van der Waals surface area contributed by atoms with Crippen molar-refractivity contribution in [3.8, 4) is 5.75 Å². The zero-order chi connectivity index (χ0) is 27.0. The molecular formula is C28H41N3O5S. The summed E-state index contributed by atoms with van der Waals surface area (Å²) in [5.74, 6) is -1.07. The molecule has 3 amide bonds. The SMILES string of the molecule is CCCCNC(=O)C1N([C@@H](CO)C(C)C)C(=O)[C@@H]2[C@H](C(=O)Nc3ccc(OCC)cc3)[C@]3(C)CCC12S3. The van der Waals surface area contributed by atoms with Crippen LogP contribution in [0.4, 0.5) is 5.69 Å². The summed E-state index contributed by atoms with van der Waals surface area (Å²) in [5.41, 5.74) is 0.644. The monoisotopic (exact) mass is 531 g/mol. The number of aliphatic hydroxyl groups is 1. The molecule has 0 radical (unpaired) electrons. The molecule has 1 aromatic carbocycles. The molecule has 204 valence electrons. The number of likely N-dealkylation sites (tertiary alicyclic amines) is 1. The van der Waals surface area contributed by atoms with Crippen molar-refractivity contribution in [1.82, 2.24) is 10.2 Å². The van der Waals surface area contributed by atoms with Gasteiger partial charge in [-0.3, -0.25) is 14.4 Å². The Bertz CT molecular complexity index is 1020. The second-order valence-corrected chi connectivity index (χ2v) is 13.0. The van der Waals surface area contributed by atoms with Crippen LogP contribution in [0.15, 0.2) is 24.3 Å². The van der Waals surface area contributed by atoms with Gasteiger partial charge in [0.2, 0.25) is 17.7 Å². The summed E-state index contributed by atoms with van der Waals surface area (Å²) in [6.45, 7) is 10.8. The molecule has 2 bridgehead atoms. The van der Waals surface area contributed by atoms with Crippen molar-refractivity contribution in [3.63, 3.8) is 0 Å². The quantitative estimate of drug-likeness (QED) is 0.378. The van der Waals surface area contributed by atoms with Crippen molar-refractivity contribution < 1.29 is 24.2 Å². The molecule has 3 aliphatic heterocycles. The van der Waals surface area contributed by atoms with Gasteiger partial charge in [-0.15, -0.1) is 11.8 Å². The van der Waals surface area contributed by atoms with Gasteiger partial charge in [0.1, 0.15) is 11.8 Å². The van der Waals surface area contributed by atoms with E-state index in [1.165, 1.54) is 0 Å². The average molecular weight is 532 g/mol. The standard InChI is InChI=1S/C28H41N3O5S/c1-6-8-15-29-25(34)23-28-14-13-27(5,37-28)21(22(28)26(35)31(23)20(16-32)17(3)4)24(33)30-18-9-11-19(12-10-18)36-7-2/h9-12,17,20-23,32H,6-8,13-16H2,1-5H3,(H,29,34)(H,30,33)/t20-,21+,22-,23?,27-,28?/m0/s1. The predicted molar refractivity (Wildman–Crippen MR) is 145 cm³/mol. The third kappa shape index (κ3) is 4.73. The Morgan fingerprint density at radius 1 is 1.19 bits per heavy atom.